The Labute approximate surface area is 243 Å². The number of phenols is 1. The van der Waals surface area contributed by atoms with Crippen molar-refractivity contribution in [3.8, 4) is 22.9 Å². The Bertz CT molecular complexity index is 1670. The van der Waals surface area contributed by atoms with E-state index in [9.17, 15) is 15.0 Å². The standard InChI is InChI=1S/C32H34FN5O4/c1-36-12-4-6-22(36)18-42-32-34-30-26(31(35-32)37-15-20-8-9-21(16-37)38(20)28(41)17-39)11-10-25(29(30)33)27-14-23(40)13-19-5-2-3-7-24(19)27/h2-3,5,7,10-11,13-14,20-22,39-40H,4,6,8-9,12,15-18H2,1H3/t20?,21?,22-/m0/s1. The molecule has 1 aromatic heterocycles. The summed E-state index contributed by atoms with van der Waals surface area (Å²) in [5.41, 5.74) is 1.06. The van der Waals surface area contributed by atoms with Crippen LogP contribution in [-0.2, 0) is 4.79 Å². The van der Waals surface area contributed by atoms with E-state index >= 15 is 4.39 Å². The Hall–Kier alpha value is -4.02. The van der Waals surface area contributed by atoms with Gasteiger partial charge in [0.05, 0.1) is 0 Å². The van der Waals surface area contributed by atoms with Gasteiger partial charge in [-0.05, 0) is 73.8 Å². The molecule has 0 saturated carbocycles. The fourth-order valence-corrected chi connectivity index (χ4v) is 7.08. The van der Waals surface area contributed by atoms with Crippen molar-refractivity contribution in [1.29, 1.82) is 0 Å². The summed E-state index contributed by atoms with van der Waals surface area (Å²) >= 11 is 0. The summed E-state index contributed by atoms with van der Waals surface area (Å²) in [5, 5.41) is 22.1. The lowest BCUT2D eigenvalue weighted by Crippen LogP contribution is -2.56. The van der Waals surface area contributed by atoms with Gasteiger partial charge in [0.1, 0.15) is 30.3 Å². The van der Waals surface area contributed by atoms with Gasteiger partial charge < -0.3 is 29.6 Å². The van der Waals surface area contributed by atoms with Crippen LogP contribution in [-0.4, -0.2) is 93.9 Å². The van der Waals surface area contributed by atoms with Crippen LogP contribution in [0.1, 0.15) is 25.7 Å². The number of hydrogen-bond acceptors (Lipinski definition) is 8. The highest BCUT2D eigenvalue weighted by Crippen LogP contribution is 2.40. The molecule has 0 radical (unpaired) electrons. The molecule has 9 nitrogen and oxygen atoms in total. The third kappa shape index (κ3) is 4.59. The number of fused-ring (bicyclic) bond motifs is 4. The number of likely N-dealkylation sites (tertiary alicyclic amines) is 1. The Morgan fingerprint density at radius 1 is 1.02 bits per heavy atom. The number of phenolic OH excluding ortho intramolecular Hbond substituents is 1. The number of ether oxygens (including phenoxy) is 1. The largest absolute Gasteiger partial charge is 0.508 e. The average Bonchev–Trinajstić information content (AvgIpc) is 3.53. The first-order valence-electron chi connectivity index (χ1n) is 14.6. The number of piperazine rings is 1. The Morgan fingerprint density at radius 2 is 1.81 bits per heavy atom. The number of rotatable bonds is 6. The molecule has 3 aliphatic heterocycles. The van der Waals surface area contributed by atoms with Crippen LogP contribution in [0.25, 0.3) is 32.8 Å². The maximum Gasteiger partial charge on any atom is 0.319 e. The molecule has 2 unspecified atom stereocenters. The molecule has 1 amide bonds. The van der Waals surface area contributed by atoms with Gasteiger partial charge in [0.25, 0.3) is 0 Å². The quantitative estimate of drug-likeness (QED) is 0.359. The maximum atomic E-state index is 16.6. The van der Waals surface area contributed by atoms with Crippen LogP contribution >= 0.6 is 0 Å². The van der Waals surface area contributed by atoms with Crippen LogP contribution in [0.5, 0.6) is 11.8 Å². The number of amides is 1. The number of anilines is 1. The topological polar surface area (TPSA) is 102 Å². The summed E-state index contributed by atoms with van der Waals surface area (Å²) in [5.74, 6) is -0.128. The van der Waals surface area contributed by atoms with Crippen LogP contribution < -0.4 is 9.64 Å². The third-order valence-electron chi connectivity index (χ3n) is 9.18. The molecule has 3 saturated heterocycles. The summed E-state index contributed by atoms with van der Waals surface area (Å²) in [7, 11) is 2.07. The second-order valence-electron chi connectivity index (χ2n) is 11.7. The lowest BCUT2D eigenvalue weighted by atomic mass is 9.96. The van der Waals surface area contributed by atoms with Gasteiger partial charge in [-0.15, -0.1) is 0 Å². The van der Waals surface area contributed by atoms with Crippen molar-refractivity contribution in [2.45, 2.75) is 43.8 Å². The van der Waals surface area contributed by atoms with Crippen molar-refractivity contribution in [2.24, 2.45) is 0 Å². The van der Waals surface area contributed by atoms with Crippen molar-refractivity contribution >= 4 is 33.4 Å². The van der Waals surface area contributed by atoms with Gasteiger partial charge in [-0.3, -0.25) is 4.79 Å². The molecule has 42 heavy (non-hydrogen) atoms. The van der Waals surface area contributed by atoms with Gasteiger partial charge in [-0.1, -0.05) is 30.3 Å². The van der Waals surface area contributed by atoms with E-state index < -0.39 is 12.4 Å². The van der Waals surface area contributed by atoms with E-state index in [4.69, 9.17) is 9.72 Å². The lowest BCUT2D eigenvalue weighted by molar-refractivity contribution is -0.137. The van der Waals surface area contributed by atoms with Gasteiger partial charge in [0.15, 0.2) is 5.82 Å². The smallest absolute Gasteiger partial charge is 0.319 e. The summed E-state index contributed by atoms with van der Waals surface area (Å²) in [6.07, 6.45) is 3.81. The van der Waals surface area contributed by atoms with Gasteiger partial charge in [0, 0.05) is 42.2 Å². The van der Waals surface area contributed by atoms with E-state index in [2.05, 4.69) is 21.8 Å². The molecular formula is C32H34FN5O4. The zero-order chi connectivity index (χ0) is 29.0. The zero-order valence-electron chi connectivity index (χ0n) is 23.5. The fraction of sp³-hybridized carbons (Fsp3) is 0.406. The summed E-state index contributed by atoms with van der Waals surface area (Å²) < 4.78 is 22.7. The molecule has 3 aromatic carbocycles. The van der Waals surface area contributed by atoms with Gasteiger partial charge in [-0.25, -0.2) is 4.39 Å². The molecule has 3 atom stereocenters. The van der Waals surface area contributed by atoms with Crippen LogP contribution in [0.4, 0.5) is 10.2 Å². The van der Waals surface area contributed by atoms with Crippen LogP contribution in [0.15, 0.2) is 48.5 Å². The number of likely N-dealkylation sites (N-methyl/N-ethyl adjacent to an activating group) is 1. The Kier molecular flexibility index (Phi) is 6.82. The van der Waals surface area contributed by atoms with Gasteiger partial charge in [-0.2, -0.15) is 9.97 Å². The number of halogens is 1. The van der Waals surface area contributed by atoms with Crippen LogP contribution in [0.3, 0.4) is 0 Å². The number of aliphatic hydroxyl groups excluding tert-OH is 1. The highest BCUT2D eigenvalue weighted by molar-refractivity contribution is 6.01. The first-order chi connectivity index (χ1) is 20.4. The van der Waals surface area contributed by atoms with Crippen molar-refractivity contribution in [1.82, 2.24) is 19.8 Å². The molecular weight excluding hydrogens is 537 g/mol. The molecule has 2 bridgehead atoms. The molecule has 2 N–H and O–H groups in total. The summed E-state index contributed by atoms with van der Waals surface area (Å²) in [4.78, 5) is 28.0. The number of aliphatic hydroxyl groups is 1. The predicted molar refractivity (Wildman–Crippen MR) is 158 cm³/mol. The minimum Gasteiger partial charge on any atom is -0.508 e. The molecule has 4 aromatic rings. The summed E-state index contributed by atoms with van der Waals surface area (Å²) in [6.45, 7) is 1.96. The van der Waals surface area contributed by atoms with Crippen molar-refractivity contribution in [3.05, 3.63) is 54.3 Å². The minimum atomic E-state index is -0.508. The number of carbonyl (C=O) groups is 1. The Balaban J connectivity index is 1.33. The van der Waals surface area contributed by atoms with E-state index in [1.165, 1.54) is 0 Å². The van der Waals surface area contributed by atoms with E-state index in [0.29, 0.717) is 42.0 Å². The average molecular weight is 572 g/mol. The molecule has 4 heterocycles. The molecule has 10 heteroatoms. The van der Waals surface area contributed by atoms with E-state index in [1.807, 2.05) is 30.3 Å². The monoisotopic (exact) mass is 571 g/mol. The van der Waals surface area contributed by atoms with Gasteiger partial charge >= 0.3 is 6.01 Å². The molecule has 218 valence electrons. The second-order valence-corrected chi connectivity index (χ2v) is 11.7. The number of carbonyl (C=O) groups excluding carboxylic acids is 1. The van der Waals surface area contributed by atoms with Crippen molar-refractivity contribution in [2.75, 3.05) is 44.8 Å². The minimum absolute atomic E-state index is 0.0484. The Morgan fingerprint density at radius 3 is 2.55 bits per heavy atom. The van der Waals surface area contributed by atoms with E-state index in [0.717, 1.165) is 43.0 Å². The SMILES string of the molecule is CN1CCC[C@H]1COc1nc(N2CC3CCC(C2)N3C(=O)CO)c2ccc(-c3cc(O)cc4ccccc34)c(F)c2n1. The number of nitrogens with zero attached hydrogens (tertiary/aromatic N) is 5. The molecule has 0 spiro atoms. The highest BCUT2D eigenvalue weighted by Gasteiger charge is 2.43. The molecule has 3 fully saturated rings. The first kappa shape index (κ1) is 26.9. The summed E-state index contributed by atoms with van der Waals surface area (Å²) in [6, 6.07) is 14.6. The molecule has 7 rings (SSSR count). The van der Waals surface area contributed by atoms with Crippen molar-refractivity contribution in [3.63, 3.8) is 0 Å². The van der Waals surface area contributed by atoms with Crippen LogP contribution in [0, 0.1) is 5.82 Å². The normalized spacial score (nSPS) is 22.4. The molecule has 0 aliphatic carbocycles. The lowest BCUT2D eigenvalue weighted by Gasteiger charge is -2.41. The number of aromatic nitrogens is 2. The first-order valence-corrected chi connectivity index (χ1v) is 14.6. The van der Waals surface area contributed by atoms with E-state index in [-0.39, 0.29) is 41.3 Å². The number of benzene rings is 3. The van der Waals surface area contributed by atoms with Crippen LogP contribution in [0.2, 0.25) is 0 Å². The van der Waals surface area contributed by atoms with Gasteiger partial charge in [0.2, 0.25) is 5.91 Å². The maximum absolute atomic E-state index is 16.6. The fourth-order valence-electron chi connectivity index (χ4n) is 7.08. The van der Waals surface area contributed by atoms with Crippen molar-refractivity contribution < 1.29 is 24.1 Å². The number of aromatic hydroxyl groups is 1. The number of hydrogen-bond donors (Lipinski definition) is 2. The molecule has 3 aliphatic rings. The zero-order valence-corrected chi connectivity index (χ0v) is 23.5. The third-order valence-corrected chi connectivity index (χ3v) is 9.18. The van der Waals surface area contributed by atoms with E-state index in [1.54, 1.807) is 23.1 Å². The second kappa shape index (κ2) is 10.7. The predicted octanol–water partition coefficient (Wildman–Crippen LogP) is 3.94. The highest BCUT2D eigenvalue weighted by atomic mass is 19.1.